The molecule has 0 saturated carbocycles. The minimum absolute atomic E-state index is 0.159. The predicted octanol–water partition coefficient (Wildman–Crippen LogP) is 0.837. The fourth-order valence-corrected chi connectivity index (χ4v) is 2.57. The monoisotopic (exact) mass is 250 g/mol. The lowest BCUT2D eigenvalue weighted by molar-refractivity contribution is 0.192. The molecule has 1 fully saturated rings. The van der Waals surface area contributed by atoms with Crippen molar-refractivity contribution in [2.45, 2.75) is 19.0 Å². The Balaban J connectivity index is 1.98. The summed E-state index contributed by atoms with van der Waals surface area (Å²) in [6.45, 7) is 4.72. The van der Waals surface area contributed by atoms with Gasteiger partial charge in [0.1, 0.15) is 5.75 Å². The van der Waals surface area contributed by atoms with E-state index in [1.807, 2.05) is 19.1 Å². The number of rotatable bonds is 4. The molecule has 4 heteroatoms. The molecule has 0 aliphatic carbocycles. The molecule has 0 aromatic heterocycles. The molecule has 0 amide bonds. The minimum Gasteiger partial charge on any atom is -0.497 e. The Morgan fingerprint density at radius 1 is 1.44 bits per heavy atom. The van der Waals surface area contributed by atoms with E-state index >= 15 is 0 Å². The third kappa shape index (κ3) is 2.83. The van der Waals surface area contributed by atoms with E-state index in [0.29, 0.717) is 0 Å². The van der Waals surface area contributed by atoms with Gasteiger partial charge in [0.15, 0.2) is 0 Å². The van der Waals surface area contributed by atoms with E-state index in [4.69, 9.17) is 10.5 Å². The number of benzene rings is 1. The molecule has 0 unspecified atom stereocenters. The molecular formula is C14H22N2O2. The molecule has 1 saturated heterocycles. The van der Waals surface area contributed by atoms with Gasteiger partial charge in [0.2, 0.25) is 0 Å². The van der Waals surface area contributed by atoms with E-state index in [1.165, 1.54) is 5.56 Å². The zero-order valence-corrected chi connectivity index (χ0v) is 11.1. The normalized spacial score (nSPS) is 28.6. The fraction of sp³-hybridized carbons (Fsp3) is 0.571. The largest absolute Gasteiger partial charge is 0.497 e. The van der Waals surface area contributed by atoms with Crippen molar-refractivity contribution in [3.05, 3.63) is 29.8 Å². The van der Waals surface area contributed by atoms with Crippen LogP contribution in [-0.4, -0.2) is 42.4 Å². The molecule has 2 rings (SSSR count). The number of likely N-dealkylation sites (tertiary alicyclic amines) is 1. The zero-order valence-electron chi connectivity index (χ0n) is 11.1. The summed E-state index contributed by atoms with van der Waals surface area (Å²) < 4.78 is 5.14. The van der Waals surface area contributed by atoms with Gasteiger partial charge in [-0.05, 0) is 24.6 Å². The number of hydrogen-bond acceptors (Lipinski definition) is 4. The minimum atomic E-state index is -0.290. The third-order valence-corrected chi connectivity index (χ3v) is 3.76. The molecule has 1 heterocycles. The highest BCUT2D eigenvalue weighted by Gasteiger charge is 2.39. The van der Waals surface area contributed by atoms with Crippen molar-refractivity contribution in [2.24, 2.45) is 11.7 Å². The first-order valence-corrected chi connectivity index (χ1v) is 6.30. The lowest BCUT2D eigenvalue weighted by Gasteiger charge is -2.23. The molecule has 1 aliphatic rings. The maximum absolute atomic E-state index is 9.33. The van der Waals surface area contributed by atoms with Crippen LogP contribution < -0.4 is 10.5 Å². The lowest BCUT2D eigenvalue weighted by atomic mass is 9.91. The molecule has 0 spiro atoms. The van der Waals surface area contributed by atoms with E-state index < -0.39 is 0 Å². The van der Waals surface area contributed by atoms with Gasteiger partial charge in [-0.1, -0.05) is 12.1 Å². The highest BCUT2D eigenvalue weighted by atomic mass is 16.5. The first kappa shape index (κ1) is 13.3. The van der Waals surface area contributed by atoms with Gasteiger partial charge in [0.25, 0.3) is 0 Å². The first-order chi connectivity index (χ1) is 8.55. The Labute approximate surface area is 108 Å². The zero-order chi connectivity index (χ0) is 13.2. The number of nitrogens with two attached hydrogens (primary N) is 1. The van der Waals surface area contributed by atoms with E-state index in [9.17, 15) is 5.11 Å². The van der Waals surface area contributed by atoms with E-state index in [-0.39, 0.29) is 18.1 Å². The Bertz CT molecular complexity index is 389. The fourth-order valence-electron chi connectivity index (χ4n) is 2.57. The summed E-state index contributed by atoms with van der Waals surface area (Å²) in [4.78, 5) is 2.29. The summed E-state index contributed by atoms with van der Waals surface area (Å²) in [5, 5.41) is 9.33. The van der Waals surface area contributed by atoms with Crippen LogP contribution in [0.5, 0.6) is 5.75 Å². The Morgan fingerprint density at radius 2 is 2.11 bits per heavy atom. The van der Waals surface area contributed by atoms with Crippen LogP contribution in [0.2, 0.25) is 0 Å². The van der Waals surface area contributed by atoms with Crippen molar-refractivity contribution >= 4 is 0 Å². The van der Waals surface area contributed by atoms with Crippen LogP contribution >= 0.6 is 0 Å². The van der Waals surface area contributed by atoms with Crippen LogP contribution in [0, 0.1) is 5.92 Å². The Kier molecular flexibility index (Phi) is 3.90. The summed E-state index contributed by atoms with van der Waals surface area (Å²) in [7, 11) is 1.67. The molecule has 1 aliphatic heterocycles. The SMILES string of the molecule is COc1ccc(CN2C[C@@H](CO)[C@@](C)(N)C2)cc1. The van der Waals surface area contributed by atoms with Gasteiger partial charge in [-0.15, -0.1) is 0 Å². The lowest BCUT2D eigenvalue weighted by Crippen LogP contribution is -2.45. The second-order valence-corrected chi connectivity index (χ2v) is 5.40. The number of nitrogens with zero attached hydrogens (tertiary/aromatic N) is 1. The van der Waals surface area contributed by atoms with Crippen molar-refractivity contribution in [3.63, 3.8) is 0 Å². The van der Waals surface area contributed by atoms with Crippen molar-refractivity contribution in [1.82, 2.24) is 4.90 Å². The van der Waals surface area contributed by atoms with Gasteiger partial charge in [0.05, 0.1) is 7.11 Å². The van der Waals surface area contributed by atoms with Crippen molar-refractivity contribution in [2.75, 3.05) is 26.8 Å². The molecule has 0 radical (unpaired) electrons. The summed E-state index contributed by atoms with van der Waals surface area (Å²) in [6.07, 6.45) is 0. The van der Waals surface area contributed by atoms with Crippen LogP contribution in [0.4, 0.5) is 0 Å². The molecule has 1 aromatic carbocycles. The molecular weight excluding hydrogens is 228 g/mol. The number of aliphatic hydroxyl groups is 1. The van der Waals surface area contributed by atoms with E-state index in [0.717, 1.165) is 25.4 Å². The smallest absolute Gasteiger partial charge is 0.118 e. The number of ether oxygens (including phenoxy) is 1. The quantitative estimate of drug-likeness (QED) is 0.831. The maximum Gasteiger partial charge on any atom is 0.118 e. The van der Waals surface area contributed by atoms with Crippen molar-refractivity contribution < 1.29 is 9.84 Å². The first-order valence-electron chi connectivity index (χ1n) is 6.30. The van der Waals surface area contributed by atoms with Gasteiger partial charge in [-0.2, -0.15) is 0 Å². The van der Waals surface area contributed by atoms with Crippen LogP contribution in [0.1, 0.15) is 12.5 Å². The van der Waals surface area contributed by atoms with Crippen LogP contribution in [-0.2, 0) is 6.54 Å². The average molecular weight is 250 g/mol. The van der Waals surface area contributed by atoms with Gasteiger partial charge >= 0.3 is 0 Å². The van der Waals surface area contributed by atoms with Crippen LogP contribution in [0.15, 0.2) is 24.3 Å². The Hall–Kier alpha value is -1.10. The molecule has 100 valence electrons. The van der Waals surface area contributed by atoms with Crippen LogP contribution in [0.3, 0.4) is 0 Å². The van der Waals surface area contributed by atoms with Crippen molar-refractivity contribution in [3.8, 4) is 5.75 Å². The second kappa shape index (κ2) is 5.26. The predicted molar refractivity (Wildman–Crippen MR) is 71.4 cm³/mol. The van der Waals surface area contributed by atoms with Gasteiger partial charge in [-0.25, -0.2) is 0 Å². The molecule has 2 atom stereocenters. The summed E-state index contributed by atoms with van der Waals surface area (Å²) >= 11 is 0. The molecule has 0 bridgehead atoms. The standard InChI is InChI=1S/C14H22N2O2/c1-14(15)10-16(8-12(14)9-17)7-11-3-5-13(18-2)6-4-11/h3-6,12,17H,7-10,15H2,1-2H3/t12-,14-/m0/s1. The summed E-state index contributed by atoms with van der Waals surface area (Å²) in [5.74, 6) is 1.04. The maximum atomic E-state index is 9.33. The Morgan fingerprint density at radius 3 is 2.61 bits per heavy atom. The number of aliphatic hydroxyl groups excluding tert-OH is 1. The van der Waals surface area contributed by atoms with Gasteiger partial charge in [0, 0.05) is 37.7 Å². The molecule has 1 aromatic rings. The highest BCUT2D eigenvalue weighted by molar-refractivity contribution is 5.27. The number of methoxy groups -OCH3 is 1. The van der Waals surface area contributed by atoms with Gasteiger partial charge in [-0.3, -0.25) is 4.90 Å². The number of hydrogen-bond donors (Lipinski definition) is 2. The third-order valence-electron chi connectivity index (χ3n) is 3.76. The van der Waals surface area contributed by atoms with Crippen molar-refractivity contribution in [1.29, 1.82) is 0 Å². The molecule has 18 heavy (non-hydrogen) atoms. The van der Waals surface area contributed by atoms with Crippen LogP contribution in [0.25, 0.3) is 0 Å². The average Bonchev–Trinajstić information content (AvgIpc) is 2.64. The van der Waals surface area contributed by atoms with E-state index in [1.54, 1.807) is 7.11 Å². The topological polar surface area (TPSA) is 58.7 Å². The van der Waals surface area contributed by atoms with Gasteiger partial charge < -0.3 is 15.6 Å². The van der Waals surface area contributed by atoms with E-state index in [2.05, 4.69) is 17.0 Å². The second-order valence-electron chi connectivity index (χ2n) is 5.40. The molecule has 3 N–H and O–H groups in total. The summed E-state index contributed by atoms with van der Waals surface area (Å²) in [6, 6.07) is 8.07. The molecule has 4 nitrogen and oxygen atoms in total. The summed E-state index contributed by atoms with van der Waals surface area (Å²) in [5.41, 5.74) is 7.15. The highest BCUT2D eigenvalue weighted by Crippen LogP contribution is 2.26.